The van der Waals surface area contributed by atoms with E-state index in [9.17, 15) is 0 Å². The standard InChI is InChI=1S/C11H25N/c1-5-8-11(4,12)9-7-10(3)6-2/h10H,5-9,12H2,1-4H3. The van der Waals surface area contributed by atoms with Crippen molar-refractivity contribution in [1.82, 2.24) is 0 Å². The van der Waals surface area contributed by atoms with Gasteiger partial charge >= 0.3 is 0 Å². The van der Waals surface area contributed by atoms with E-state index in [2.05, 4.69) is 27.7 Å². The van der Waals surface area contributed by atoms with Crippen LogP contribution in [0.25, 0.3) is 0 Å². The number of hydrogen-bond acceptors (Lipinski definition) is 1. The van der Waals surface area contributed by atoms with Crippen LogP contribution < -0.4 is 5.73 Å². The second-order valence-electron chi connectivity index (χ2n) is 4.46. The van der Waals surface area contributed by atoms with Gasteiger partial charge < -0.3 is 5.73 Å². The molecule has 0 amide bonds. The molecule has 0 radical (unpaired) electrons. The maximum Gasteiger partial charge on any atom is 0.0125 e. The van der Waals surface area contributed by atoms with Gasteiger partial charge in [0.25, 0.3) is 0 Å². The SMILES string of the molecule is CCCC(C)(N)CCC(C)CC. The number of hydrogen-bond donors (Lipinski definition) is 1. The summed E-state index contributed by atoms with van der Waals surface area (Å²) in [6.07, 6.45) is 6.10. The first-order valence-corrected chi connectivity index (χ1v) is 5.30. The normalized spacial score (nSPS) is 18.8. The van der Waals surface area contributed by atoms with Crippen LogP contribution in [0.15, 0.2) is 0 Å². The number of rotatable bonds is 6. The molecule has 74 valence electrons. The van der Waals surface area contributed by atoms with Gasteiger partial charge in [0.15, 0.2) is 0 Å². The molecule has 1 heteroatoms. The van der Waals surface area contributed by atoms with Crippen LogP contribution in [0.4, 0.5) is 0 Å². The third-order valence-electron chi connectivity index (χ3n) is 2.73. The molecule has 1 nitrogen and oxygen atoms in total. The molecule has 0 aliphatic rings. The average Bonchev–Trinajstić information content (AvgIpc) is 2.00. The van der Waals surface area contributed by atoms with Crippen LogP contribution in [0.2, 0.25) is 0 Å². The van der Waals surface area contributed by atoms with Crippen LogP contribution in [0.5, 0.6) is 0 Å². The summed E-state index contributed by atoms with van der Waals surface area (Å²) in [5.74, 6) is 0.838. The minimum Gasteiger partial charge on any atom is -0.325 e. The molecule has 0 saturated heterocycles. The van der Waals surface area contributed by atoms with Gasteiger partial charge in [-0.1, -0.05) is 33.6 Å². The van der Waals surface area contributed by atoms with E-state index in [0.29, 0.717) is 0 Å². The monoisotopic (exact) mass is 171 g/mol. The summed E-state index contributed by atoms with van der Waals surface area (Å²) in [6, 6.07) is 0. The lowest BCUT2D eigenvalue weighted by atomic mass is 9.88. The Bertz CT molecular complexity index is 108. The minimum atomic E-state index is 0.0815. The second-order valence-corrected chi connectivity index (χ2v) is 4.46. The lowest BCUT2D eigenvalue weighted by molar-refractivity contribution is 0.348. The van der Waals surface area contributed by atoms with E-state index in [1.54, 1.807) is 0 Å². The maximum atomic E-state index is 6.13. The molecule has 0 aliphatic carbocycles. The molecule has 0 fully saturated rings. The first kappa shape index (κ1) is 12.0. The Hall–Kier alpha value is -0.0400. The van der Waals surface area contributed by atoms with Crippen LogP contribution in [-0.4, -0.2) is 5.54 Å². The molecule has 0 aromatic carbocycles. The van der Waals surface area contributed by atoms with Crippen molar-refractivity contribution in [3.8, 4) is 0 Å². The molecule has 0 heterocycles. The third kappa shape index (κ3) is 5.59. The molecule has 12 heavy (non-hydrogen) atoms. The predicted molar refractivity (Wildman–Crippen MR) is 56.2 cm³/mol. The molecule has 0 aromatic rings. The van der Waals surface area contributed by atoms with Gasteiger partial charge in [0.2, 0.25) is 0 Å². The zero-order valence-corrected chi connectivity index (χ0v) is 9.19. The Kier molecular flexibility index (Phi) is 5.56. The minimum absolute atomic E-state index is 0.0815. The summed E-state index contributed by atoms with van der Waals surface area (Å²) in [6.45, 7) is 8.94. The second kappa shape index (κ2) is 5.58. The fourth-order valence-electron chi connectivity index (χ4n) is 1.48. The Morgan fingerprint density at radius 3 is 2.25 bits per heavy atom. The van der Waals surface area contributed by atoms with Crippen molar-refractivity contribution in [2.45, 2.75) is 65.3 Å². The first-order chi connectivity index (χ1) is 5.52. The van der Waals surface area contributed by atoms with E-state index in [-0.39, 0.29) is 5.54 Å². The van der Waals surface area contributed by atoms with Crippen molar-refractivity contribution in [2.24, 2.45) is 11.7 Å². The highest BCUT2D eigenvalue weighted by Crippen LogP contribution is 2.20. The largest absolute Gasteiger partial charge is 0.325 e. The zero-order chi connectivity index (χ0) is 9.61. The van der Waals surface area contributed by atoms with Crippen LogP contribution in [-0.2, 0) is 0 Å². The molecule has 2 N–H and O–H groups in total. The molecule has 0 aromatic heterocycles. The fraction of sp³-hybridized carbons (Fsp3) is 1.00. The Labute approximate surface area is 77.7 Å². The van der Waals surface area contributed by atoms with Gasteiger partial charge in [-0.25, -0.2) is 0 Å². The number of nitrogens with two attached hydrogens (primary N) is 1. The lowest BCUT2D eigenvalue weighted by Gasteiger charge is -2.25. The summed E-state index contributed by atoms with van der Waals surface area (Å²) in [5.41, 5.74) is 6.21. The third-order valence-corrected chi connectivity index (χ3v) is 2.73. The lowest BCUT2D eigenvalue weighted by Crippen LogP contribution is -2.36. The predicted octanol–water partition coefficient (Wildman–Crippen LogP) is 3.33. The van der Waals surface area contributed by atoms with E-state index in [1.165, 1.54) is 25.7 Å². The summed E-state index contributed by atoms with van der Waals surface area (Å²) >= 11 is 0. The molecule has 0 rings (SSSR count). The quantitative estimate of drug-likeness (QED) is 0.652. The van der Waals surface area contributed by atoms with E-state index in [4.69, 9.17) is 5.73 Å². The van der Waals surface area contributed by atoms with E-state index in [1.807, 2.05) is 0 Å². The van der Waals surface area contributed by atoms with Gasteiger partial charge in [-0.15, -0.1) is 0 Å². The molecule has 2 atom stereocenters. The van der Waals surface area contributed by atoms with Crippen LogP contribution >= 0.6 is 0 Å². The smallest absolute Gasteiger partial charge is 0.0125 e. The Morgan fingerprint density at radius 2 is 1.83 bits per heavy atom. The molecule has 0 bridgehead atoms. The van der Waals surface area contributed by atoms with Crippen molar-refractivity contribution in [3.63, 3.8) is 0 Å². The van der Waals surface area contributed by atoms with Crippen molar-refractivity contribution in [1.29, 1.82) is 0 Å². The van der Waals surface area contributed by atoms with E-state index >= 15 is 0 Å². The van der Waals surface area contributed by atoms with Gasteiger partial charge in [-0.05, 0) is 32.1 Å². The molecular formula is C11H25N. The molecule has 0 saturated carbocycles. The van der Waals surface area contributed by atoms with Gasteiger partial charge in [0, 0.05) is 5.54 Å². The average molecular weight is 171 g/mol. The van der Waals surface area contributed by atoms with Crippen molar-refractivity contribution < 1.29 is 0 Å². The van der Waals surface area contributed by atoms with Gasteiger partial charge in [-0.2, -0.15) is 0 Å². The molecule has 0 aliphatic heterocycles. The maximum absolute atomic E-state index is 6.13. The van der Waals surface area contributed by atoms with Gasteiger partial charge in [0.05, 0.1) is 0 Å². The van der Waals surface area contributed by atoms with Crippen molar-refractivity contribution >= 4 is 0 Å². The summed E-state index contributed by atoms with van der Waals surface area (Å²) in [4.78, 5) is 0. The summed E-state index contributed by atoms with van der Waals surface area (Å²) < 4.78 is 0. The van der Waals surface area contributed by atoms with Crippen LogP contribution in [0, 0.1) is 5.92 Å². The zero-order valence-electron chi connectivity index (χ0n) is 9.19. The van der Waals surface area contributed by atoms with E-state index < -0.39 is 0 Å². The first-order valence-electron chi connectivity index (χ1n) is 5.30. The summed E-state index contributed by atoms with van der Waals surface area (Å²) in [5, 5.41) is 0. The van der Waals surface area contributed by atoms with E-state index in [0.717, 1.165) is 12.3 Å². The molecular weight excluding hydrogens is 146 g/mol. The van der Waals surface area contributed by atoms with Crippen molar-refractivity contribution in [3.05, 3.63) is 0 Å². The molecule has 2 unspecified atom stereocenters. The topological polar surface area (TPSA) is 26.0 Å². The highest BCUT2D eigenvalue weighted by molar-refractivity contribution is 4.78. The van der Waals surface area contributed by atoms with Gasteiger partial charge in [-0.3, -0.25) is 0 Å². The van der Waals surface area contributed by atoms with Crippen molar-refractivity contribution in [2.75, 3.05) is 0 Å². The fourth-order valence-corrected chi connectivity index (χ4v) is 1.48. The highest BCUT2D eigenvalue weighted by Gasteiger charge is 2.17. The van der Waals surface area contributed by atoms with Crippen LogP contribution in [0.3, 0.4) is 0 Å². The Balaban J connectivity index is 3.59. The Morgan fingerprint density at radius 1 is 1.25 bits per heavy atom. The molecule has 0 spiro atoms. The van der Waals surface area contributed by atoms with Crippen LogP contribution in [0.1, 0.15) is 59.8 Å². The highest BCUT2D eigenvalue weighted by atomic mass is 14.7. The summed E-state index contributed by atoms with van der Waals surface area (Å²) in [7, 11) is 0. The van der Waals surface area contributed by atoms with Gasteiger partial charge in [0.1, 0.15) is 0 Å².